The van der Waals surface area contributed by atoms with Crippen molar-refractivity contribution in [2.24, 2.45) is 14.1 Å². The van der Waals surface area contributed by atoms with Crippen molar-refractivity contribution in [3.8, 4) is 6.07 Å². The van der Waals surface area contributed by atoms with Crippen molar-refractivity contribution in [3.05, 3.63) is 30.1 Å². The lowest BCUT2D eigenvalue weighted by Gasteiger charge is -1.90. The Morgan fingerprint density at radius 3 is 2.79 bits per heavy atom. The summed E-state index contributed by atoms with van der Waals surface area (Å²) in [5.74, 6) is 1.04. The molecule has 0 atom stereocenters. The zero-order valence-corrected chi connectivity index (χ0v) is 8.36. The van der Waals surface area contributed by atoms with E-state index in [9.17, 15) is 0 Å². The van der Waals surface area contributed by atoms with Crippen LogP contribution < -0.4 is 4.57 Å². The van der Waals surface area contributed by atoms with Crippen LogP contribution in [-0.4, -0.2) is 4.57 Å². The Balaban J connectivity index is 2.80. The second-order valence-electron chi connectivity index (χ2n) is 3.36. The highest BCUT2D eigenvalue weighted by Gasteiger charge is 2.18. The maximum Gasteiger partial charge on any atom is 0.271 e. The zero-order chi connectivity index (χ0) is 10.1. The topological polar surface area (TPSA) is 32.6 Å². The Morgan fingerprint density at radius 2 is 2.14 bits per heavy atom. The lowest BCUT2D eigenvalue weighted by atomic mass is 10.3. The van der Waals surface area contributed by atoms with E-state index in [1.54, 1.807) is 0 Å². The molecule has 0 bridgehead atoms. The van der Waals surface area contributed by atoms with E-state index in [1.807, 2.05) is 26.2 Å². The third kappa shape index (κ3) is 1.08. The Bertz CT molecular complexity index is 478. The predicted molar refractivity (Wildman–Crippen MR) is 53.4 cm³/mol. The number of nitriles is 1. The number of aromatic nitrogens is 2. The summed E-state index contributed by atoms with van der Waals surface area (Å²) in [5, 5.41) is 8.72. The molecule has 1 aromatic carbocycles. The minimum absolute atomic E-state index is 0.446. The standard InChI is InChI=1S/C11H12N3/c1-13-9-5-3-4-6-10(9)14(2)11(13)7-8-12/h3-6H,7H2,1-2H3/q+1. The largest absolute Gasteiger partial charge is 0.271 e. The lowest BCUT2D eigenvalue weighted by molar-refractivity contribution is -0.653. The molecular formula is C11H12N3+. The van der Waals surface area contributed by atoms with Crippen LogP contribution in [0.2, 0.25) is 0 Å². The number of benzene rings is 1. The fraction of sp³-hybridized carbons (Fsp3) is 0.273. The van der Waals surface area contributed by atoms with Gasteiger partial charge in [-0.05, 0) is 12.1 Å². The van der Waals surface area contributed by atoms with Crippen molar-refractivity contribution < 1.29 is 4.57 Å². The van der Waals surface area contributed by atoms with Gasteiger partial charge in [0.15, 0.2) is 11.0 Å². The maximum absolute atomic E-state index is 8.72. The monoisotopic (exact) mass is 186 g/mol. The third-order valence-electron chi connectivity index (χ3n) is 2.62. The van der Waals surface area contributed by atoms with Gasteiger partial charge in [-0.2, -0.15) is 5.26 Å². The summed E-state index contributed by atoms with van der Waals surface area (Å²) >= 11 is 0. The normalized spacial score (nSPS) is 10.4. The predicted octanol–water partition coefficient (Wildman–Crippen LogP) is 1.07. The number of hydrogen-bond acceptors (Lipinski definition) is 1. The highest BCUT2D eigenvalue weighted by Crippen LogP contribution is 2.11. The van der Waals surface area contributed by atoms with Crippen LogP contribution in [0.1, 0.15) is 5.82 Å². The first-order chi connectivity index (χ1) is 6.75. The van der Waals surface area contributed by atoms with E-state index in [1.165, 1.54) is 11.0 Å². The summed E-state index contributed by atoms with van der Waals surface area (Å²) in [7, 11) is 3.99. The highest BCUT2D eigenvalue weighted by atomic mass is 15.1. The Morgan fingerprint density at radius 1 is 1.43 bits per heavy atom. The fourth-order valence-corrected chi connectivity index (χ4v) is 1.84. The first kappa shape index (κ1) is 8.76. The molecule has 0 unspecified atom stereocenters. The molecule has 2 rings (SSSR count). The van der Waals surface area contributed by atoms with Gasteiger partial charge in [-0.3, -0.25) is 0 Å². The van der Waals surface area contributed by atoms with Crippen LogP contribution in [0.4, 0.5) is 0 Å². The molecule has 3 heteroatoms. The zero-order valence-electron chi connectivity index (χ0n) is 8.36. The average molecular weight is 186 g/mol. The van der Waals surface area contributed by atoms with Crippen LogP contribution in [0.5, 0.6) is 0 Å². The molecule has 70 valence electrons. The first-order valence-corrected chi connectivity index (χ1v) is 4.55. The SMILES string of the molecule is Cn1c(CC#N)[n+](C)c2ccccc21. The van der Waals surface area contributed by atoms with Gasteiger partial charge in [0.2, 0.25) is 0 Å². The molecule has 0 amide bonds. The summed E-state index contributed by atoms with van der Waals surface area (Å²) in [4.78, 5) is 0. The molecule has 0 saturated heterocycles. The molecule has 1 aromatic heterocycles. The number of hydrogen-bond donors (Lipinski definition) is 0. The van der Waals surface area contributed by atoms with Crippen molar-refractivity contribution in [2.45, 2.75) is 6.42 Å². The molecule has 0 aliphatic carbocycles. The van der Waals surface area contributed by atoms with Crippen LogP contribution >= 0.6 is 0 Å². The van der Waals surface area contributed by atoms with Crippen molar-refractivity contribution in [1.82, 2.24) is 4.57 Å². The summed E-state index contributed by atoms with van der Waals surface area (Å²) in [5.41, 5.74) is 2.33. The second-order valence-corrected chi connectivity index (χ2v) is 3.36. The van der Waals surface area contributed by atoms with Crippen LogP contribution in [0.3, 0.4) is 0 Å². The summed E-state index contributed by atoms with van der Waals surface area (Å²) in [6.45, 7) is 0. The molecule has 0 saturated carbocycles. The molecule has 14 heavy (non-hydrogen) atoms. The van der Waals surface area contributed by atoms with Gasteiger partial charge in [-0.1, -0.05) is 12.1 Å². The smallest absolute Gasteiger partial charge is 0.229 e. The number of fused-ring (bicyclic) bond motifs is 1. The summed E-state index contributed by atoms with van der Waals surface area (Å²) in [6, 6.07) is 10.3. The van der Waals surface area contributed by atoms with Gasteiger partial charge < -0.3 is 0 Å². The van der Waals surface area contributed by atoms with Gasteiger partial charge in [0.25, 0.3) is 5.82 Å². The first-order valence-electron chi connectivity index (χ1n) is 4.55. The Hall–Kier alpha value is -1.82. The van der Waals surface area contributed by atoms with Gasteiger partial charge >= 0.3 is 0 Å². The van der Waals surface area contributed by atoms with Crippen molar-refractivity contribution in [1.29, 1.82) is 5.26 Å². The molecule has 2 aromatic rings. The third-order valence-corrected chi connectivity index (χ3v) is 2.62. The van der Waals surface area contributed by atoms with Crippen LogP contribution in [-0.2, 0) is 20.5 Å². The van der Waals surface area contributed by atoms with Crippen LogP contribution in [0.25, 0.3) is 11.0 Å². The number of imidazole rings is 1. The van der Waals surface area contributed by atoms with E-state index < -0.39 is 0 Å². The van der Waals surface area contributed by atoms with Gasteiger partial charge in [0, 0.05) is 0 Å². The van der Waals surface area contributed by atoms with E-state index in [2.05, 4.69) is 27.3 Å². The van der Waals surface area contributed by atoms with E-state index >= 15 is 0 Å². The van der Waals surface area contributed by atoms with Crippen molar-refractivity contribution in [3.63, 3.8) is 0 Å². The minimum atomic E-state index is 0.446. The van der Waals surface area contributed by atoms with Crippen LogP contribution in [0, 0.1) is 11.3 Å². The molecule has 0 radical (unpaired) electrons. The molecule has 0 N–H and O–H groups in total. The molecule has 0 aliphatic rings. The van der Waals surface area contributed by atoms with Crippen molar-refractivity contribution >= 4 is 11.0 Å². The molecule has 0 fully saturated rings. The van der Waals surface area contributed by atoms with E-state index in [0.717, 1.165) is 5.82 Å². The minimum Gasteiger partial charge on any atom is -0.229 e. The maximum atomic E-state index is 8.72. The van der Waals surface area contributed by atoms with Gasteiger partial charge in [-0.15, -0.1) is 0 Å². The lowest BCUT2D eigenvalue weighted by Crippen LogP contribution is -2.32. The quantitative estimate of drug-likeness (QED) is 0.613. The number of aryl methyl sites for hydroxylation is 2. The molecular weight excluding hydrogens is 174 g/mol. The molecule has 3 nitrogen and oxygen atoms in total. The highest BCUT2D eigenvalue weighted by molar-refractivity contribution is 5.72. The number of nitrogens with zero attached hydrogens (tertiary/aromatic N) is 3. The Kier molecular flexibility index (Phi) is 1.97. The number of rotatable bonds is 1. The molecule has 0 aliphatic heterocycles. The average Bonchev–Trinajstić information content (AvgIpc) is 2.45. The Labute approximate surface area is 82.8 Å². The molecule has 1 heterocycles. The van der Waals surface area contributed by atoms with Gasteiger partial charge in [0.1, 0.15) is 6.42 Å². The molecule has 0 spiro atoms. The van der Waals surface area contributed by atoms with Gasteiger partial charge in [-0.25, -0.2) is 9.13 Å². The van der Waals surface area contributed by atoms with Gasteiger partial charge in [0.05, 0.1) is 20.2 Å². The van der Waals surface area contributed by atoms with E-state index in [4.69, 9.17) is 5.26 Å². The van der Waals surface area contributed by atoms with E-state index in [0.29, 0.717) is 6.42 Å². The number of para-hydroxylation sites is 2. The second kappa shape index (κ2) is 3.15. The van der Waals surface area contributed by atoms with Crippen LogP contribution in [0.15, 0.2) is 24.3 Å². The van der Waals surface area contributed by atoms with Crippen molar-refractivity contribution in [2.75, 3.05) is 0 Å². The summed E-state index contributed by atoms with van der Waals surface area (Å²) < 4.78 is 4.14. The fourth-order valence-electron chi connectivity index (χ4n) is 1.84. The summed E-state index contributed by atoms with van der Waals surface area (Å²) in [6.07, 6.45) is 0.446. The van der Waals surface area contributed by atoms with E-state index in [-0.39, 0.29) is 0 Å².